The minimum absolute atomic E-state index is 0.367. The molecule has 1 unspecified atom stereocenters. The Balaban J connectivity index is 1.93. The predicted molar refractivity (Wildman–Crippen MR) is 61.9 cm³/mol. The fourth-order valence-electron chi connectivity index (χ4n) is 1.98. The van der Waals surface area contributed by atoms with Crippen molar-refractivity contribution in [3.8, 4) is 0 Å². The first kappa shape index (κ1) is 12.9. The average Bonchev–Trinajstić information content (AvgIpc) is 2.67. The molecule has 15 heavy (non-hydrogen) atoms. The van der Waals surface area contributed by atoms with Gasteiger partial charge in [0.25, 0.3) is 0 Å². The first-order valence-corrected chi connectivity index (χ1v) is 6.17. The van der Waals surface area contributed by atoms with E-state index in [1.807, 2.05) is 0 Å². The number of aliphatic hydroxyl groups excluding tert-OH is 1. The minimum Gasteiger partial charge on any atom is -0.389 e. The molecule has 1 aliphatic rings. The second-order valence-electron chi connectivity index (χ2n) is 4.90. The second-order valence-corrected chi connectivity index (χ2v) is 4.90. The molecule has 0 spiro atoms. The van der Waals surface area contributed by atoms with Crippen LogP contribution in [0.2, 0.25) is 0 Å². The normalized spacial score (nSPS) is 20.0. The summed E-state index contributed by atoms with van der Waals surface area (Å²) in [5.74, 6) is 0.746. The van der Waals surface area contributed by atoms with E-state index in [1.165, 1.54) is 25.7 Å². The van der Waals surface area contributed by atoms with Gasteiger partial charge in [0.2, 0.25) is 0 Å². The van der Waals surface area contributed by atoms with Crippen molar-refractivity contribution in [2.75, 3.05) is 19.8 Å². The number of hydrogen-bond acceptors (Lipinski definition) is 3. The summed E-state index contributed by atoms with van der Waals surface area (Å²) in [6.07, 6.45) is 4.95. The molecule has 0 aromatic heterocycles. The first-order valence-electron chi connectivity index (χ1n) is 6.17. The molecular weight excluding hydrogens is 190 g/mol. The van der Waals surface area contributed by atoms with Crippen LogP contribution in [0.3, 0.4) is 0 Å². The SMILES string of the molecule is CC(C)NCC(O)COCC1CCCC1. The Bertz CT molecular complexity index is 156. The van der Waals surface area contributed by atoms with Crippen molar-refractivity contribution in [3.63, 3.8) is 0 Å². The molecule has 0 radical (unpaired) electrons. The van der Waals surface area contributed by atoms with E-state index >= 15 is 0 Å². The first-order chi connectivity index (χ1) is 7.18. The Morgan fingerprint density at radius 2 is 2.00 bits per heavy atom. The lowest BCUT2D eigenvalue weighted by Crippen LogP contribution is -2.34. The smallest absolute Gasteiger partial charge is 0.0897 e. The highest BCUT2D eigenvalue weighted by Crippen LogP contribution is 2.24. The van der Waals surface area contributed by atoms with Crippen LogP contribution in [0.1, 0.15) is 39.5 Å². The molecule has 2 N–H and O–H groups in total. The van der Waals surface area contributed by atoms with Gasteiger partial charge in [0.15, 0.2) is 0 Å². The highest BCUT2D eigenvalue weighted by molar-refractivity contribution is 4.67. The largest absolute Gasteiger partial charge is 0.389 e. The molecule has 1 rings (SSSR count). The van der Waals surface area contributed by atoms with Crippen LogP contribution in [0.5, 0.6) is 0 Å². The van der Waals surface area contributed by atoms with E-state index in [1.54, 1.807) is 0 Å². The number of aliphatic hydroxyl groups is 1. The Kier molecular flexibility index (Phi) is 6.22. The summed E-state index contributed by atoms with van der Waals surface area (Å²) >= 11 is 0. The fourth-order valence-corrected chi connectivity index (χ4v) is 1.98. The van der Waals surface area contributed by atoms with Crippen molar-refractivity contribution in [2.24, 2.45) is 5.92 Å². The van der Waals surface area contributed by atoms with Gasteiger partial charge in [-0.2, -0.15) is 0 Å². The third-order valence-corrected chi connectivity index (χ3v) is 2.90. The topological polar surface area (TPSA) is 41.5 Å². The maximum atomic E-state index is 9.58. The number of nitrogens with one attached hydrogen (secondary N) is 1. The second kappa shape index (κ2) is 7.20. The van der Waals surface area contributed by atoms with Crippen LogP contribution in [0.15, 0.2) is 0 Å². The molecule has 90 valence electrons. The van der Waals surface area contributed by atoms with E-state index in [4.69, 9.17) is 4.74 Å². The lowest BCUT2D eigenvalue weighted by molar-refractivity contribution is 0.0217. The van der Waals surface area contributed by atoms with E-state index in [-0.39, 0.29) is 6.10 Å². The molecule has 3 heteroatoms. The molecule has 0 bridgehead atoms. The molecule has 0 amide bonds. The molecular formula is C12H25NO2. The molecule has 0 aromatic carbocycles. The van der Waals surface area contributed by atoms with E-state index in [0.717, 1.165) is 12.5 Å². The van der Waals surface area contributed by atoms with Gasteiger partial charge in [-0.1, -0.05) is 26.7 Å². The summed E-state index contributed by atoms with van der Waals surface area (Å²) in [7, 11) is 0. The maximum absolute atomic E-state index is 9.58. The molecule has 0 aliphatic heterocycles. The Morgan fingerprint density at radius 3 is 2.60 bits per heavy atom. The van der Waals surface area contributed by atoms with Crippen LogP contribution < -0.4 is 5.32 Å². The van der Waals surface area contributed by atoms with Crippen molar-refractivity contribution in [1.82, 2.24) is 5.32 Å². The van der Waals surface area contributed by atoms with Gasteiger partial charge < -0.3 is 15.2 Å². The van der Waals surface area contributed by atoms with Crippen LogP contribution in [0.25, 0.3) is 0 Å². The predicted octanol–water partition coefficient (Wildman–Crippen LogP) is 1.55. The van der Waals surface area contributed by atoms with Crippen molar-refractivity contribution >= 4 is 0 Å². The standard InChI is InChI=1S/C12H25NO2/c1-10(2)13-7-12(14)9-15-8-11-5-3-4-6-11/h10-14H,3-9H2,1-2H3. The average molecular weight is 215 g/mol. The van der Waals surface area contributed by atoms with Crippen LogP contribution in [-0.2, 0) is 4.74 Å². The zero-order valence-corrected chi connectivity index (χ0v) is 10.0. The van der Waals surface area contributed by atoms with Gasteiger partial charge in [0.05, 0.1) is 12.7 Å². The third kappa shape index (κ3) is 6.13. The van der Waals surface area contributed by atoms with Gasteiger partial charge in [-0.25, -0.2) is 0 Å². The minimum atomic E-state index is -0.367. The Hall–Kier alpha value is -0.120. The van der Waals surface area contributed by atoms with Crippen LogP contribution in [0, 0.1) is 5.92 Å². The summed E-state index contributed by atoms with van der Waals surface area (Å²) in [6, 6.07) is 0.425. The van der Waals surface area contributed by atoms with Crippen molar-refractivity contribution in [2.45, 2.75) is 51.7 Å². The van der Waals surface area contributed by atoms with Crippen LogP contribution >= 0.6 is 0 Å². The fraction of sp³-hybridized carbons (Fsp3) is 1.00. The molecule has 0 saturated heterocycles. The Morgan fingerprint density at radius 1 is 1.33 bits per heavy atom. The highest BCUT2D eigenvalue weighted by atomic mass is 16.5. The lowest BCUT2D eigenvalue weighted by Gasteiger charge is -2.15. The summed E-state index contributed by atoms with van der Waals surface area (Å²) in [5.41, 5.74) is 0. The van der Waals surface area contributed by atoms with Crippen molar-refractivity contribution in [3.05, 3.63) is 0 Å². The lowest BCUT2D eigenvalue weighted by atomic mass is 10.1. The quantitative estimate of drug-likeness (QED) is 0.677. The third-order valence-electron chi connectivity index (χ3n) is 2.90. The molecule has 0 heterocycles. The van der Waals surface area contributed by atoms with Gasteiger partial charge in [-0.3, -0.25) is 0 Å². The summed E-state index contributed by atoms with van der Waals surface area (Å²) < 4.78 is 5.52. The molecule has 1 atom stereocenters. The molecule has 0 aromatic rings. The van der Waals surface area contributed by atoms with Gasteiger partial charge in [0.1, 0.15) is 0 Å². The Labute approximate surface area is 93.2 Å². The van der Waals surface area contributed by atoms with E-state index in [0.29, 0.717) is 19.2 Å². The zero-order chi connectivity index (χ0) is 11.1. The van der Waals surface area contributed by atoms with Gasteiger partial charge in [0, 0.05) is 19.2 Å². The number of rotatable bonds is 7. The number of ether oxygens (including phenoxy) is 1. The number of hydrogen-bond donors (Lipinski definition) is 2. The van der Waals surface area contributed by atoms with E-state index < -0.39 is 0 Å². The van der Waals surface area contributed by atoms with Gasteiger partial charge >= 0.3 is 0 Å². The van der Waals surface area contributed by atoms with Crippen LogP contribution in [0.4, 0.5) is 0 Å². The highest BCUT2D eigenvalue weighted by Gasteiger charge is 2.15. The summed E-state index contributed by atoms with van der Waals surface area (Å²) in [4.78, 5) is 0. The molecule has 1 fully saturated rings. The van der Waals surface area contributed by atoms with E-state index in [9.17, 15) is 5.11 Å². The molecule has 1 aliphatic carbocycles. The van der Waals surface area contributed by atoms with Gasteiger partial charge in [-0.15, -0.1) is 0 Å². The zero-order valence-electron chi connectivity index (χ0n) is 10.0. The van der Waals surface area contributed by atoms with Crippen molar-refractivity contribution < 1.29 is 9.84 Å². The van der Waals surface area contributed by atoms with E-state index in [2.05, 4.69) is 19.2 Å². The molecule has 1 saturated carbocycles. The van der Waals surface area contributed by atoms with Crippen LogP contribution in [-0.4, -0.2) is 37.0 Å². The molecule has 3 nitrogen and oxygen atoms in total. The van der Waals surface area contributed by atoms with Crippen molar-refractivity contribution in [1.29, 1.82) is 0 Å². The summed E-state index contributed by atoms with van der Waals surface area (Å²) in [6.45, 7) is 6.08. The van der Waals surface area contributed by atoms with Gasteiger partial charge in [-0.05, 0) is 18.8 Å². The maximum Gasteiger partial charge on any atom is 0.0897 e. The summed E-state index contributed by atoms with van der Waals surface area (Å²) in [5, 5.41) is 12.8. The monoisotopic (exact) mass is 215 g/mol.